The van der Waals surface area contributed by atoms with Gasteiger partial charge in [-0.15, -0.1) is 0 Å². The first-order valence-corrected chi connectivity index (χ1v) is 11.5. The molecule has 4 rings (SSSR count). The number of aryl methyl sites for hydroxylation is 1. The Hall–Kier alpha value is -3.37. The van der Waals surface area contributed by atoms with Crippen molar-refractivity contribution in [2.75, 3.05) is 19.7 Å². The SMILES string of the molecule is Cc1noc(-c2ccc(C(=O)OCC(=O)c3ccc(S(=O)(=O)N4CCCC4)cc3)cc2)n1. The number of nitrogens with zero attached hydrogens (tertiary/aromatic N) is 3. The molecule has 0 atom stereocenters. The van der Waals surface area contributed by atoms with Crippen molar-refractivity contribution < 1.29 is 27.3 Å². The number of ether oxygens (including phenoxy) is 1. The van der Waals surface area contributed by atoms with Gasteiger partial charge < -0.3 is 9.26 Å². The van der Waals surface area contributed by atoms with Gasteiger partial charge in [-0.25, -0.2) is 13.2 Å². The molecule has 10 heteroatoms. The van der Waals surface area contributed by atoms with E-state index in [1.165, 1.54) is 28.6 Å². The van der Waals surface area contributed by atoms with E-state index in [1.807, 2.05) is 0 Å². The van der Waals surface area contributed by atoms with Crippen LogP contribution < -0.4 is 0 Å². The van der Waals surface area contributed by atoms with Gasteiger partial charge in [-0.05, 0) is 68.3 Å². The van der Waals surface area contributed by atoms with Gasteiger partial charge in [-0.1, -0.05) is 5.16 Å². The Labute approximate surface area is 185 Å². The average Bonchev–Trinajstić information content (AvgIpc) is 3.50. The second-order valence-corrected chi connectivity index (χ2v) is 9.30. The molecule has 0 spiro atoms. The van der Waals surface area contributed by atoms with E-state index in [9.17, 15) is 18.0 Å². The molecule has 9 nitrogen and oxygen atoms in total. The van der Waals surface area contributed by atoms with Gasteiger partial charge in [0.05, 0.1) is 10.5 Å². The van der Waals surface area contributed by atoms with Crippen molar-refractivity contribution in [1.29, 1.82) is 0 Å². The zero-order chi connectivity index (χ0) is 22.7. The standard InChI is InChI=1S/C22H21N3O6S/c1-15-23-21(31-24-15)17-4-6-18(7-5-17)22(27)30-14-20(26)16-8-10-19(11-9-16)32(28,29)25-12-2-3-13-25/h4-11H,2-3,12-14H2,1H3. The number of sulfonamides is 1. The fraction of sp³-hybridized carbons (Fsp3) is 0.273. The zero-order valence-electron chi connectivity index (χ0n) is 17.4. The molecule has 1 aliphatic rings. The second-order valence-electron chi connectivity index (χ2n) is 7.36. The van der Waals surface area contributed by atoms with Crippen LogP contribution in [0.3, 0.4) is 0 Å². The third-order valence-corrected chi connectivity index (χ3v) is 7.02. The summed E-state index contributed by atoms with van der Waals surface area (Å²) in [5, 5.41) is 3.72. The lowest BCUT2D eigenvalue weighted by atomic mass is 10.1. The molecule has 3 aromatic rings. The van der Waals surface area contributed by atoms with Gasteiger partial charge in [0.15, 0.2) is 18.2 Å². The molecule has 0 N–H and O–H groups in total. The highest BCUT2D eigenvalue weighted by Gasteiger charge is 2.27. The van der Waals surface area contributed by atoms with Crippen LogP contribution in [0.2, 0.25) is 0 Å². The van der Waals surface area contributed by atoms with E-state index in [0.29, 0.717) is 30.4 Å². The molecule has 0 saturated carbocycles. The molecule has 2 aromatic carbocycles. The minimum atomic E-state index is -3.54. The number of benzene rings is 2. The molecule has 1 saturated heterocycles. The van der Waals surface area contributed by atoms with E-state index in [1.54, 1.807) is 31.2 Å². The molecular weight excluding hydrogens is 434 g/mol. The molecule has 0 amide bonds. The van der Waals surface area contributed by atoms with Crippen LogP contribution in [0.15, 0.2) is 57.9 Å². The Morgan fingerprint density at radius 1 is 1.00 bits per heavy atom. The number of hydrogen-bond donors (Lipinski definition) is 0. The Morgan fingerprint density at radius 3 is 2.22 bits per heavy atom. The van der Waals surface area contributed by atoms with E-state index in [0.717, 1.165) is 12.8 Å². The molecule has 1 fully saturated rings. The van der Waals surface area contributed by atoms with E-state index in [-0.39, 0.29) is 16.0 Å². The maximum Gasteiger partial charge on any atom is 0.338 e. The van der Waals surface area contributed by atoms with Gasteiger partial charge in [0.2, 0.25) is 10.0 Å². The number of esters is 1. The highest BCUT2D eigenvalue weighted by atomic mass is 32.2. The summed E-state index contributed by atoms with van der Waals surface area (Å²) in [6, 6.07) is 12.0. The predicted molar refractivity (Wildman–Crippen MR) is 114 cm³/mol. The topological polar surface area (TPSA) is 120 Å². The fourth-order valence-corrected chi connectivity index (χ4v) is 4.87. The first kappa shape index (κ1) is 21.8. The van der Waals surface area contributed by atoms with Crippen molar-refractivity contribution in [3.8, 4) is 11.5 Å². The number of carbonyl (C=O) groups is 2. The third kappa shape index (κ3) is 4.61. The summed E-state index contributed by atoms with van der Waals surface area (Å²) in [6.07, 6.45) is 1.70. The van der Waals surface area contributed by atoms with Crippen molar-refractivity contribution in [2.45, 2.75) is 24.7 Å². The molecule has 1 aromatic heterocycles. The monoisotopic (exact) mass is 455 g/mol. The van der Waals surface area contributed by atoms with Crippen LogP contribution in [0.25, 0.3) is 11.5 Å². The molecule has 0 radical (unpaired) electrons. The minimum Gasteiger partial charge on any atom is -0.454 e. The summed E-state index contributed by atoms with van der Waals surface area (Å²) in [4.78, 5) is 28.9. The highest BCUT2D eigenvalue weighted by Crippen LogP contribution is 2.21. The van der Waals surface area contributed by atoms with Crippen LogP contribution in [0.1, 0.15) is 39.4 Å². The number of carbonyl (C=O) groups excluding carboxylic acids is 2. The second kappa shape index (κ2) is 9.01. The Morgan fingerprint density at radius 2 is 1.62 bits per heavy atom. The van der Waals surface area contributed by atoms with Crippen molar-refractivity contribution >= 4 is 21.8 Å². The number of hydrogen-bond acceptors (Lipinski definition) is 8. The maximum absolute atomic E-state index is 12.6. The molecule has 0 aliphatic carbocycles. The lowest BCUT2D eigenvalue weighted by Crippen LogP contribution is -2.27. The number of rotatable bonds is 7. The lowest BCUT2D eigenvalue weighted by Gasteiger charge is -2.15. The van der Waals surface area contributed by atoms with Crippen LogP contribution in [-0.4, -0.2) is 54.3 Å². The Balaban J connectivity index is 1.35. The van der Waals surface area contributed by atoms with Crippen molar-refractivity contribution in [3.63, 3.8) is 0 Å². The Kier molecular flexibility index (Phi) is 6.15. The predicted octanol–water partition coefficient (Wildman–Crippen LogP) is 2.87. The average molecular weight is 455 g/mol. The molecule has 32 heavy (non-hydrogen) atoms. The largest absolute Gasteiger partial charge is 0.454 e. The summed E-state index contributed by atoms with van der Waals surface area (Å²) in [7, 11) is -3.54. The van der Waals surface area contributed by atoms with Crippen LogP contribution in [0.4, 0.5) is 0 Å². The lowest BCUT2D eigenvalue weighted by molar-refractivity contribution is 0.0475. The molecular formula is C22H21N3O6S. The fourth-order valence-electron chi connectivity index (χ4n) is 3.35. The minimum absolute atomic E-state index is 0.143. The Bertz CT molecular complexity index is 1230. The van der Waals surface area contributed by atoms with Crippen LogP contribution in [-0.2, 0) is 14.8 Å². The number of aromatic nitrogens is 2. The molecule has 166 valence electrons. The van der Waals surface area contributed by atoms with Gasteiger partial charge >= 0.3 is 5.97 Å². The van der Waals surface area contributed by atoms with Crippen LogP contribution >= 0.6 is 0 Å². The van der Waals surface area contributed by atoms with Gasteiger partial charge in [-0.3, -0.25) is 4.79 Å². The van der Waals surface area contributed by atoms with E-state index < -0.39 is 28.4 Å². The molecule has 0 unspecified atom stereocenters. The van der Waals surface area contributed by atoms with Crippen molar-refractivity contribution in [1.82, 2.24) is 14.4 Å². The van der Waals surface area contributed by atoms with Gasteiger partial charge in [0.25, 0.3) is 5.89 Å². The van der Waals surface area contributed by atoms with E-state index >= 15 is 0 Å². The summed E-state index contributed by atoms with van der Waals surface area (Å²) in [5.74, 6) is -0.238. The number of ketones is 1. The molecule has 0 bridgehead atoms. The summed E-state index contributed by atoms with van der Waals surface area (Å²) >= 11 is 0. The summed E-state index contributed by atoms with van der Waals surface area (Å²) in [6.45, 7) is 2.26. The van der Waals surface area contributed by atoms with Gasteiger partial charge in [-0.2, -0.15) is 9.29 Å². The quantitative estimate of drug-likeness (QED) is 0.394. The van der Waals surface area contributed by atoms with Crippen molar-refractivity contribution in [2.24, 2.45) is 0 Å². The first-order valence-electron chi connectivity index (χ1n) is 10.1. The van der Waals surface area contributed by atoms with E-state index in [4.69, 9.17) is 9.26 Å². The maximum atomic E-state index is 12.6. The van der Waals surface area contributed by atoms with Crippen LogP contribution in [0.5, 0.6) is 0 Å². The van der Waals surface area contributed by atoms with Gasteiger partial charge in [0.1, 0.15) is 0 Å². The zero-order valence-corrected chi connectivity index (χ0v) is 18.2. The smallest absolute Gasteiger partial charge is 0.338 e. The molecule has 1 aliphatic heterocycles. The summed E-state index contributed by atoms with van der Waals surface area (Å²) < 4.78 is 36.7. The normalized spacial score (nSPS) is 14.4. The molecule has 2 heterocycles. The summed E-state index contributed by atoms with van der Waals surface area (Å²) in [5.41, 5.74) is 1.19. The van der Waals surface area contributed by atoms with E-state index in [2.05, 4.69) is 10.1 Å². The van der Waals surface area contributed by atoms with Crippen LogP contribution in [0, 0.1) is 6.92 Å². The number of Topliss-reactive ketones (excluding diaryl/α,β-unsaturated/α-hetero) is 1. The first-order chi connectivity index (χ1) is 15.3. The third-order valence-electron chi connectivity index (χ3n) is 5.11. The van der Waals surface area contributed by atoms with Gasteiger partial charge in [0, 0.05) is 24.2 Å². The van der Waals surface area contributed by atoms with Crippen molar-refractivity contribution in [3.05, 3.63) is 65.5 Å². The highest BCUT2D eigenvalue weighted by molar-refractivity contribution is 7.89.